The van der Waals surface area contributed by atoms with Gasteiger partial charge in [0.1, 0.15) is 27.6 Å². The first-order valence-electron chi connectivity index (χ1n) is 10.2. The van der Waals surface area contributed by atoms with Gasteiger partial charge in [-0.15, -0.1) is 11.3 Å². The van der Waals surface area contributed by atoms with Crippen LogP contribution in [0.4, 0.5) is 5.69 Å². The summed E-state index contributed by atoms with van der Waals surface area (Å²) >= 11 is 1.17. The quantitative estimate of drug-likeness (QED) is 0.383. The van der Waals surface area contributed by atoms with Crippen LogP contribution in [-0.4, -0.2) is 22.6 Å². The average molecular weight is 480 g/mol. The molecule has 1 N–H and O–H groups in total. The van der Waals surface area contributed by atoms with E-state index in [1.165, 1.54) is 11.3 Å². The lowest BCUT2D eigenvalue weighted by Crippen LogP contribution is -2.17. The molecule has 0 radical (unpaired) electrons. The minimum absolute atomic E-state index is 0.257. The smallest absolute Gasteiger partial charge is 0.271 e. The van der Waals surface area contributed by atoms with Crippen molar-refractivity contribution in [1.82, 2.24) is 0 Å². The number of hydrogen-bond acceptors (Lipinski definition) is 6. The minimum atomic E-state index is -3.68. The molecule has 0 fully saturated rings. The van der Waals surface area contributed by atoms with E-state index >= 15 is 0 Å². The molecule has 0 saturated carbocycles. The van der Waals surface area contributed by atoms with E-state index in [0.717, 1.165) is 22.3 Å². The fourth-order valence-corrected chi connectivity index (χ4v) is 6.02. The largest absolute Gasteiger partial charge is 0.497 e. The number of benzene rings is 3. The molecule has 3 aromatic carbocycles. The van der Waals surface area contributed by atoms with Gasteiger partial charge in [-0.2, -0.15) is 0 Å². The zero-order valence-electron chi connectivity index (χ0n) is 17.9. The van der Waals surface area contributed by atoms with Gasteiger partial charge in [0.2, 0.25) is 0 Å². The van der Waals surface area contributed by atoms with Crippen molar-refractivity contribution in [3.05, 3.63) is 89.3 Å². The highest BCUT2D eigenvalue weighted by Gasteiger charge is 2.30. The first-order valence-corrected chi connectivity index (χ1v) is 12.5. The van der Waals surface area contributed by atoms with Crippen molar-refractivity contribution in [2.24, 2.45) is 0 Å². The van der Waals surface area contributed by atoms with Crippen LogP contribution in [0.1, 0.15) is 17.2 Å². The molecule has 0 bridgehead atoms. The first-order chi connectivity index (χ1) is 16.0. The second-order valence-corrected chi connectivity index (χ2v) is 10.3. The summed E-state index contributed by atoms with van der Waals surface area (Å²) in [6, 6.07) is 22.1. The lowest BCUT2D eigenvalue weighted by atomic mass is 9.88. The molecule has 168 valence electrons. The normalized spacial score (nSPS) is 14.5. The van der Waals surface area contributed by atoms with Crippen LogP contribution in [0.5, 0.6) is 17.2 Å². The number of sulfonamides is 1. The van der Waals surface area contributed by atoms with Crippen molar-refractivity contribution in [2.75, 3.05) is 18.9 Å². The van der Waals surface area contributed by atoms with E-state index in [4.69, 9.17) is 14.2 Å². The number of thiophene rings is 1. The maximum Gasteiger partial charge on any atom is 0.271 e. The van der Waals surface area contributed by atoms with E-state index in [-0.39, 0.29) is 4.21 Å². The molecule has 6 nitrogen and oxygen atoms in total. The number of anilines is 1. The lowest BCUT2D eigenvalue weighted by molar-refractivity contribution is 0.241. The van der Waals surface area contributed by atoms with Crippen LogP contribution in [0.15, 0.2) is 82.4 Å². The molecule has 2 heterocycles. The van der Waals surface area contributed by atoms with Crippen molar-refractivity contribution in [2.45, 2.75) is 10.3 Å². The summed E-state index contributed by atoms with van der Waals surface area (Å²) in [4.78, 5) is 0. The zero-order valence-corrected chi connectivity index (χ0v) is 19.6. The summed E-state index contributed by atoms with van der Waals surface area (Å²) in [7, 11) is -0.444. The molecule has 33 heavy (non-hydrogen) atoms. The molecule has 1 unspecified atom stereocenters. The van der Waals surface area contributed by atoms with Crippen LogP contribution in [0.3, 0.4) is 0 Å². The van der Waals surface area contributed by atoms with Crippen LogP contribution < -0.4 is 18.9 Å². The Bertz CT molecular complexity index is 1410. The molecule has 0 saturated heterocycles. The molecule has 0 amide bonds. The highest BCUT2D eigenvalue weighted by Crippen LogP contribution is 2.49. The fraction of sp³-hybridized carbons (Fsp3) is 0.120. The van der Waals surface area contributed by atoms with E-state index in [2.05, 4.69) is 4.72 Å². The Hall–Kier alpha value is -3.49. The molecule has 5 rings (SSSR count). The zero-order chi connectivity index (χ0) is 23.0. The van der Waals surface area contributed by atoms with Gasteiger partial charge >= 0.3 is 0 Å². The third kappa shape index (κ3) is 3.92. The third-order valence-corrected chi connectivity index (χ3v) is 8.24. The Morgan fingerprint density at radius 1 is 0.939 bits per heavy atom. The topological polar surface area (TPSA) is 73.9 Å². The standard InChI is InChI=1S/C25H21NO5S2/c1-29-18-7-3-6-16(14-18)25-20-15-17(26-33(27,28)23-10-5-13-32-23)11-12-19(20)24-21(30-2)8-4-9-22(24)31-25/h3-15,25-26H,1-2H3. The Morgan fingerprint density at radius 3 is 2.55 bits per heavy atom. The monoisotopic (exact) mass is 479 g/mol. The molecule has 8 heteroatoms. The molecule has 0 aliphatic carbocycles. The van der Waals surface area contributed by atoms with Gasteiger partial charge in [-0.05, 0) is 53.4 Å². The maximum atomic E-state index is 12.8. The molecule has 1 aromatic heterocycles. The second-order valence-electron chi connectivity index (χ2n) is 7.45. The Labute approximate surface area is 196 Å². The number of fused-ring (bicyclic) bond motifs is 3. The van der Waals surface area contributed by atoms with E-state index in [9.17, 15) is 8.42 Å². The van der Waals surface area contributed by atoms with Crippen LogP contribution in [0.25, 0.3) is 11.1 Å². The number of methoxy groups -OCH3 is 2. The summed E-state index contributed by atoms with van der Waals surface area (Å²) in [5.74, 6) is 2.09. The van der Waals surface area contributed by atoms with E-state index in [0.29, 0.717) is 22.9 Å². The summed E-state index contributed by atoms with van der Waals surface area (Å²) in [6.07, 6.45) is -0.458. The summed E-state index contributed by atoms with van der Waals surface area (Å²) in [6.45, 7) is 0. The van der Waals surface area contributed by atoms with Crippen molar-refractivity contribution in [3.63, 3.8) is 0 Å². The van der Waals surface area contributed by atoms with Gasteiger partial charge in [0.05, 0.1) is 19.8 Å². The van der Waals surface area contributed by atoms with Crippen molar-refractivity contribution in [3.8, 4) is 28.4 Å². The first kappa shape index (κ1) is 21.4. The second kappa shape index (κ2) is 8.46. The SMILES string of the molecule is COc1cccc(C2Oc3cccc(OC)c3-c3ccc(NS(=O)(=O)c4cccs4)cc32)c1. The minimum Gasteiger partial charge on any atom is -0.497 e. The summed E-state index contributed by atoms with van der Waals surface area (Å²) < 4.78 is 46.0. The van der Waals surface area contributed by atoms with Gasteiger partial charge in [0.25, 0.3) is 10.0 Å². The molecule has 1 aliphatic rings. The number of nitrogens with one attached hydrogen (secondary N) is 1. The molecule has 1 aliphatic heterocycles. The average Bonchev–Trinajstić information content (AvgIpc) is 3.39. The molecular formula is C25H21NO5S2. The van der Waals surface area contributed by atoms with Gasteiger partial charge in [-0.25, -0.2) is 8.42 Å². The molecular weight excluding hydrogens is 458 g/mol. The van der Waals surface area contributed by atoms with Gasteiger partial charge in [-0.3, -0.25) is 4.72 Å². The molecule has 1 atom stereocenters. The van der Waals surface area contributed by atoms with Crippen LogP contribution >= 0.6 is 11.3 Å². The third-order valence-electron chi connectivity index (χ3n) is 5.46. The van der Waals surface area contributed by atoms with Gasteiger partial charge in [0.15, 0.2) is 0 Å². The van der Waals surface area contributed by atoms with Gasteiger partial charge in [-0.1, -0.05) is 30.3 Å². The summed E-state index contributed by atoms with van der Waals surface area (Å²) in [5, 5.41) is 1.73. The predicted octanol–water partition coefficient (Wildman–Crippen LogP) is 5.71. The van der Waals surface area contributed by atoms with Crippen LogP contribution in [0.2, 0.25) is 0 Å². The Balaban J connectivity index is 1.65. The van der Waals surface area contributed by atoms with Gasteiger partial charge in [0, 0.05) is 16.8 Å². The summed E-state index contributed by atoms with van der Waals surface area (Å²) in [5.41, 5.74) is 3.92. The Kier molecular flexibility index (Phi) is 5.47. The van der Waals surface area contributed by atoms with E-state index in [1.807, 2.05) is 54.6 Å². The number of ether oxygens (including phenoxy) is 3. The van der Waals surface area contributed by atoms with Gasteiger partial charge < -0.3 is 14.2 Å². The Morgan fingerprint density at radius 2 is 1.79 bits per heavy atom. The molecule has 4 aromatic rings. The highest BCUT2D eigenvalue weighted by atomic mass is 32.2. The maximum absolute atomic E-state index is 12.8. The van der Waals surface area contributed by atoms with Crippen LogP contribution in [-0.2, 0) is 10.0 Å². The van der Waals surface area contributed by atoms with E-state index in [1.54, 1.807) is 37.8 Å². The highest BCUT2D eigenvalue weighted by molar-refractivity contribution is 7.94. The van der Waals surface area contributed by atoms with Crippen molar-refractivity contribution >= 4 is 27.0 Å². The van der Waals surface area contributed by atoms with E-state index < -0.39 is 16.1 Å². The molecule has 0 spiro atoms. The number of rotatable bonds is 6. The van der Waals surface area contributed by atoms with Crippen LogP contribution in [0, 0.1) is 0 Å². The van der Waals surface area contributed by atoms with Crippen molar-refractivity contribution in [1.29, 1.82) is 0 Å². The lowest BCUT2D eigenvalue weighted by Gasteiger charge is -2.30. The van der Waals surface area contributed by atoms with Crippen molar-refractivity contribution < 1.29 is 22.6 Å². The predicted molar refractivity (Wildman–Crippen MR) is 129 cm³/mol. The number of hydrogen-bond donors (Lipinski definition) is 1. The fourth-order valence-electron chi connectivity index (χ4n) is 3.98.